The van der Waals surface area contributed by atoms with Gasteiger partial charge < -0.3 is 16.5 Å². The van der Waals surface area contributed by atoms with Crippen LogP contribution in [0, 0.1) is 0 Å². The number of fused-ring (bicyclic) bond motifs is 3. The van der Waals surface area contributed by atoms with Crippen LogP contribution in [0.1, 0.15) is 50.5 Å². The molecule has 5 heteroatoms. The number of nitrogen functional groups attached to an aromatic ring is 1. The van der Waals surface area contributed by atoms with Gasteiger partial charge in [-0.3, -0.25) is 0 Å². The van der Waals surface area contributed by atoms with Crippen molar-refractivity contribution < 1.29 is 0 Å². The third-order valence-electron chi connectivity index (χ3n) is 4.05. The Balaban J connectivity index is 2.31. The van der Waals surface area contributed by atoms with Crippen LogP contribution >= 0.6 is 0 Å². The first-order chi connectivity index (χ1) is 10.7. The number of rotatable bonds is 5. The first kappa shape index (κ1) is 14.8. The monoisotopic (exact) mass is 297 g/mol. The van der Waals surface area contributed by atoms with Crippen molar-refractivity contribution in [1.29, 1.82) is 0 Å². The normalized spacial score (nSPS) is 13.0. The predicted molar refractivity (Wildman–Crippen MR) is 91.6 cm³/mol. The zero-order valence-corrected chi connectivity index (χ0v) is 13.2. The van der Waals surface area contributed by atoms with Crippen LogP contribution in [0.5, 0.6) is 0 Å². The van der Waals surface area contributed by atoms with Crippen molar-refractivity contribution in [2.24, 2.45) is 5.73 Å². The molecule has 0 aliphatic rings. The summed E-state index contributed by atoms with van der Waals surface area (Å²) in [6.07, 6.45) is 3.93. The van der Waals surface area contributed by atoms with E-state index in [1.54, 1.807) is 0 Å². The van der Waals surface area contributed by atoms with Gasteiger partial charge in [-0.2, -0.15) is 0 Å². The predicted octanol–water partition coefficient (Wildman–Crippen LogP) is 3.45. The van der Waals surface area contributed by atoms with E-state index < -0.39 is 0 Å². The van der Waals surface area contributed by atoms with Crippen LogP contribution in [0.2, 0.25) is 0 Å². The average molecular weight is 297 g/mol. The summed E-state index contributed by atoms with van der Waals surface area (Å²) in [7, 11) is 0. The maximum Gasteiger partial charge on any atom is 0.152 e. The Morgan fingerprint density at radius 2 is 2.00 bits per heavy atom. The summed E-state index contributed by atoms with van der Waals surface area (Å²) in [4.78, 5) is 12.6. The molecule has 0 aliphatic heterocycles. The van der Waals surface area contributed by atoms with E-state index >= 15 is 0 Å². The summed E-state index contributed by atoms with van der Waals surface area (Å²) in [5.41, 5.74) is 16.2. The van der Waals surface area contributed by atoms with Gasteiger partial charge in [0.05, 0.1) is 11.0 Å². The van der Waals surface area contributed by atoms with Crippen LogP contribution in [-0.2, 0) is 6.42 Å². The van der Waals surface area contributed by atoms with E-state index in [0.29, 0.717) is 5.82 Å². The number of aromatic nitrogens is 3. The Morgan fingerprint density at radius 1 is 1.18 bits per heavy atom. The summed E-state index contributed by atoms with van der Waals surface area (Å²) in [6, 6.07) is 6.06. The van der Waals surface area contributed by atoms with E-state index in [1.165, 1.54) is 0 Å². The van der Waals surface area contributed by atoms with Gasteiger partial charge in [-0.25, -0.2) is 9.97 Å². The summed E-state index contributed by atoms with van der Waals surface area (Å²) in [5.74, 6) is 1.43. The van der Waals surface area contributed by atoms with Crippen molar-refractivity contribution >= 4 is 27.8 Å². The van der Waals surface area contributed by atoms with E-state index in [0.717, 1.165) is 59.0 Å². The van der Waals surface area contributed by atoms with E-state index in [1.807, 2.05) is 12.1 Å². The molecule has 1 atom stereocenters. The molecule has 2 aromatic heterocycles. The summed E-state index contributed by atoms with van der Waals surface area (Å²) in [5, 5.41) is 1.06. The van der Waals surface area contributed by atoms with Crippen molar-refractivity contribution in [1.82, 2.24) is 15.0 Å². The lowest BCUT2D eigenvalue weighted by atomic mass is 9.98. The molecule has 1 unspecified atom stereocenters. The lowest BCUT2D eigenvalue weighted by molar-refractivity contribution is 0.643. The minimum atomic E-state index is 0.000231. The van der Waals surface area contributed by atoms with Crippen molar-refractivity contribution in [3.63, 3.8) is 0 Å². The molecule has 116 valence electrons. The number of pyridine rings is 1. The molecule has 0 radical (unpaired) electrons. The van der Waals surface area contributed by atoms with Gasteiger partial charge in [-0.05, 0) is 24.5 Å². The number of aryl methyl sites for hydroxylation is 1. The van der Waals surface area contributed by atoms with Crippen LogP contribution in [0.4, 0.5) is 5.82 Å². The summed E-state index contributed by atoms with van der Waals surface area (Å²) in [6.45, 7) is 4.28. The second-order valence-electron chi connectivity index (χ2n) is 5.79. The zero-order valence-electron chi connectivity index (χ0n) is 13.2. The molecule has 0 aliphatic carbocycles. The fourth-order valence-electron chi connectivity index (χ4n) is 3.03. The highest BCUT2D eigenvalue weighted by Gasteiger charge is 2.17. The maximum atomic E-state index is 6.37. The van der Waals surface area contributed by atoms with Gasteiger partial charge in [-0.1, -0.05) is 32.4 Å². The number of anilines is 1. The highest BCUT2D eigenvalue weighted by molar-refractivity contribution is 6.07. The van der Waals surface area contributed by atoms with Gasteiger partial charge in [0, 0.05) is 17.8 Å². The van der Waals surface area contributed by atoms with Crippen LogP contribution in [0.15, 0.2) is 18.2 Å². The van der Waals surface area contributed by atoms with Crippen molar-refractivity contribution in [3.05, 3.63) is 29.6 Å². The number of H-pyrrole nitrogens is 1. The average Bonchev–Trinajstić information content (AvgIpc) is 2.92. The first-order valence-electron chi connectivity index (χ1n) is 7.98. The molecule has 0 spiro atoms. The van der Waals surface area contributed by atoms with E-state index in [4.69, 9.17) is 11.5 Å². The Hall–Kier alpha value is -2.14. The largest absolute Gasteiger partial charge is 0.382 e. The molecular formula is C17H23N5. The van der Waals surface area contributed by atoms with Crippen LogP contribution < -0.4 is 11.5 Å². The van der Waals surface area contributed by atoms with Crippen LogP contribution in [-0.4, -0.2) is 15.0 Å². The highest BCUT2D eigenvalue weighted by Crippen LogP contribution is 2.32. The SMILES string of the molecule is CCCc1nc2c(N)nc3cccc(C(N)CCC)c3c2[nH]1. The minimum absolute atomic E-state index is 0.000231. The molecule has 0 saturated carbocycles. The van der Waals surface area contributed by atoms with E-state index in [9.17, 15) is 0 Å². The van der Waals surface area contributed by atoms with Crippen LogP contribution in [0.25, 0.3) is 21.9 Å². The number of nitrogens with one attached hydrogen (secondary N) is 1. The van der Waals surface area contributed by atoms with E-state index in [2.05, 4.69) is 34.9 Å². The van der Waals surface area contributed by atoms with Crippen molar-refractivity contribution in [3.8, 4) is 0 Å². The summed E-state index contributed by atoms with van der Waals surface area (Å²) < 4.78 is 0. The molecule has 0 saturated heterocycles. The number of nitrogens with zero attached hydrogens (tertiary/aromatic N) is 2. The van der Waals surface area contributed by atoms with Gasteiger partial charge >= 0.3 is 0 Å². The molecule has 0 bridgehead atoms. The zero-order chi connectivity index (χ0) is 15.7. The topological polar surface area (TPSA) is 93.6 Å². The molecule has 3 aromatic rings. The standard InChI is InChI=1S/C17H23N5/c1-3-6-11(18)10-8-5-9-12-14(10)15-16(17(19)20-12)22-13(21-15)7-4-2/h5,8-9,11H,3-4,6-7,18H2,1-2H3,(H2,19,20)(H,21,22). The Bertz CT molecular complexity index is 806. The molecule has 0 fully saturated rings. The van der Waals surface area contributed by atoms with Crippen molar-refractivity contribution in [2.75, 3.05) is 5.73 Å². The smallest absolute Gasteiger partial charge is 0.152 e. The van der Waals surface area contributed by atoms with Crippen LogP contribution in [0.3, 0.4) is 0 Å². The fourth-order valence-corrected chi connectivity index (χ4v) is 3.03. The number of aromatic amines is 1. The van der Waals surface area contributed by atoms with Gasteiger partial charge in [0.1, 0.15) is 11.3 Å². The second kappa shape index (κ2) is 5.93. The van der Waals surface area contributed by atoms with Gasteiger partial charge in [0.2, 0.25) is 0 Å². The molecule has 5 N–H and O–H groups in total. The second-order valence-corrected chi connectivity index (χ2v) is 5.79. The molecule has 5 nitrogen and oxygen atoms in total. The minimum Gasteiger partial charge on any atom is -0.382 e. The third-order valence-corrected chi connectivity index (χ3v) is 4.05. The number of hydrogen-bond donors (Lipinski definition) is 3. The van der Waals surface area contributed by atoms with E-state index in [-0.39, 0.29) is 6.04 Å². The highest BCUT2D eigenvalue weighted by atomic mass is 15.0. The van der Waals surface area contributed by atoms with Crippen molar-refractivity contribution in [2.45, 2.75) is 45.6 Å². The molecule has 3 rings (SSSR count). The number of benzene rings is 1. The number of nitrogens with two attached hydrogens (primary N) is 2. The molecule has 2 heterocycles. The Morgan fingerprint density at radius 3 is 2.73 bits per heavy atom. The lowest BCUT2D eigenvalue weighted by Gasteiger charge is -2.14. The number of hydrogen-bond acceptors (Lipinski definition) is 4. The quantitative estimate of drug-likeness (QED) is 0.672. The molecule has 0 amide bonds. The Labute approximate surface area is 130 Å². The number of imidazole rings is 1. The molecular weight excluding hydrogens is 274 g/mol. The van der Waals surface area contributed by atoms with Gasteiger partial charge in [0.15, 0.2) is 5.82 Å². The third kappa shape index (κ3) is 2.41. The summed E-state index contributed by atoms with van der Waals surface area (Å²) >= 11 is 0. The fraction of sp³-hybridized carbons (Fsp3) is 0.412. The molecule has 1 aromatic carbocycles. The molecule has 22 heavy (non-hydrogen) atoms. The lowest BCUT2D eigenvalue weighted by Crippen LogP contribution is -2.10. The maximum absolute atomic E-state index is 6.37. The van der Waals surface area contributed by atoms with Gasteiger partial charge in [-0.15, -0.1) is 0 Å². The first-order valence-corrected chi connectivity index (χ1v) is 7.98. The Kier molecular flexibility index (Phi) is 3.98. The van der Waals surface area contributed by atoms with Gasteiger partial charge in [0.25, 0.3) is 0 Å².